The number of ether oxygens (including phenoxy) is 1. The Kier molecular flexibility index (Phi) is 6.81. The molecule has 4 aromatic rings. The zero-order valence-electron chi connectivity index (χ0n) is 17.5. The summed E-state index contributed by atoms with van der Waals surface area (Å²) in [5.74, 6) is 0.368. The van der Waals surface area contributed by atoms with Crippen molar-refractivity contribution >= 4 is 60.7 Å². The minimum atomic E-state index is -3.98. The third-order valence-corrected chi connectivity index (χ3v) is 7.88. The summed E-state index contributed by atoms with van der Waals surface area (Å²) in [5, 5.41) is 15.1. The quantitative estimate of drug-likeness (QED) is 0.190. The molecule has 1 amide bonds. The van der Waals surface area contributed by atoms with Crippen LogP contribution in [0.5, 0.6) is 5.75 Å². The minimum Gasteiger partial charge on any atom is -0.494 e. The predicted molar refractivity (Wildman–Crippen MR) is 127 cm³/mol. The number of aromatic nitrogens is 3. The Bertz CT molecular complexity index is 1460. The first kappa shape index (κ1) is 23.7. The summed E-state index contributed by atoms with van der Waals surface area (Å²) in [6.07, 6.45) is 0. The molecule has 0 aliphatic carbocycles. The van der Waals surface area contributed by atoms with E-state index in [-0.39, 0.29) is 32.4 Å². The SMILES string of the molecule is CCOc1ccc2nc(SCC(=O)Nc3nc(S(=O)(=O)c4ccc([N+](=O)[O-])cc4)cs3)[nH]c2c1. The van der Waals surface area contributed by atoms with E-state index in [0.29, 0.717) is 11.8 Å². The highest BCUT2D eigenvalue weighted by atomic mass is 32.2. The Morgan fingerprint density at radius 2 is 2.00 bits per heavy atom. The number of anilines is 1. The maximum atomic E-state index is 12.7. The van der Waals surface area contributed by atoms with Crippen LogP contribution in [0.2, 0.25) is 0 Å². The van der Waals surface area contributed by atoms with Gasteiger partial charge in [-0.1, -0.05) is 11.8 Å². The molecule has 0 unspecified atom stereocenters. The van der Waals surface area contributed by atoms with Gasteiger partial charge in [-0.15, -0.1) is 11.3 Å². The van der Waals surface area contributed by atoms with Crippen molar-refractivity contribution in [2.45, 2.75) is 22.0 Å². The molecule has 2 N–H and O–H groups in total. The van der Waals surface area contributed by atoms with Crippen LogP contribution in [0.15, 0.2) is 62.9 Å². The van der Waals surface area contributed by atoms with Gasteiger partial charge in [0.15, 0.2) is 15.3 Å². The second-order valence-corrected chi connectivity index (χ2v) is 10.5. The smallest absolute Gasteiger partial charge is 0.269 e. The van der Waals surface area contributed by atoms with Gasteiger partial charge in [-0.3, -0.25) is 14.9 Å². The Morgan fingerprint density at radius 1 is 1.24 bits per heavy atom. The lowest BCUT2D eigenvalue weighted by Crippen LogP contribution is -2.14. The molecule has 0 bridgehead atoms. The summed E-state index contributed by atoms with van der Waals surface area (Å²) in [6.45, 7) is 2.45. The van der Waals surface area contributed by atoms with Gasteiger partial charge in [0.2, 0.25) is 15.7 Å². The summed E-state index contributed by atoms with van der Waals surface area (Å²) < 4.78 is 30.9. The Labute approximate surface area is 201 Å². The molecule has 4 rings (SSSR count). The van der Waals surface area contributed by atoms with Gasteiger partial charge in [0.1, 0.15) is 5.75 Å². The highest BCUT2D eigenvalue weighted by Gasteiger charge is 2.22. The molecule has 2 aromatic carbocycles. The predicted octanol–water partition coefficient (Wildman–Crippen LogP) is 3.89. The average molecular weight is 520 g/mol. The summed E-state index contributed by atoms with van der Waals surface area (Å²) in [7, 11) is -3.98. The van der Waals surface area contributed by atoms with E-state index in [9.17, 15) is 23.3 Å². The Morgan fingerprint density at radius 3 is 2.71 bits per heavy atom. The molecule has 0 aliphatic rings. The number of non-ortho nitro benzene ring substituents is 1. The summed E-state index contributed by atoms with van der Waals surface area (Å²) in [5.41, 5.74) is 1.31. The number of carbonyl (C=O) groups excluding carboxylic acids is 1. The molecule has 0 saturated carbocycles. The van der Waals surface area contributed by atoms with Crippen molar-refractivity contribution in [1.29, 1.82) is 0 Å². The van der Waals surface area contributed by atoms with E-state index < -0.39 is 14.8 Å². The number of amides is 1. The molecular formula is C20H17N5O6S3. The molecule has 11 nitrogen and oxygen atoms in total. The first-order valence-electron chi connectivity index (χ1n) is 9.76. The van der Waals surface area contributed by atoms with Crippen LogP contribution in [0.1, 0.15) is 6.92 Å². The maximum absolute atomic E-state index is 12.7. The maximum Gasteiger partial charge on any atom is 0.269 e. The number of benzene rings is 2. The normalized spacial score (nSPS) is 11.4. The number of imidazole rings is 1. The van der Waals surface area contributed by atoms with E-state index in [1.165, 1.54) is 17.1 Å². The number of aromatic amines is 1. The monoisotopic (exact) mass is 519 g/mol. The molecule has 176 valence electrons. The Hall–Kier alpha value is -3.49. The highest BCUT2D eigenvalue weighted by Crippen LogP contribution is 2.27. The lowest BCUT2D eigenvalue weighted by Gasteiger charge is -2.01. The molecule has 14 heteroatoms. The topological polar surface area (TPSA) is 157 Å². The zero-order chi connectivity index (χ0) is 24.3. The third-order valence-electron chi connectivity index (χ3n) is 4.45. The number of rotatable bonds is 9. The van der Waals surface area contributed by atoms with Crippen molar-refractivity contribution in [1.82, 2.24) is 15.0 Å². The molecule has 0 fully saturated rings. The summed E-state index contributed by atoms with van der Waals surface area (Å²) >= 11 is 2.15. The molecular weight excluding hydrogens is 502 g/mol. The number of nitro groups is 1. The van der Waals surface area contributed by atoms with Crippen molar-refractivity contribution in [3.63, 3.8) is 0 Å². The lowest BCUT2D eigenvalue weighted by molar-refractivity contribution is -0.384. The van der Waals surface area contributed by atoms with Crippen molar-refractivity contribution in [2.75, 3.05) is 17.7 Å². The van der Waals surface area contributed by atoms with E-state index in [1.807, 2.05) is 25.1 Å². The number of carbonyl (C=O) groups is 1. The fourth-order valence-corrected chi connectivity index (χ4v) is 5.82. The van der Waals surface area contributed by atoms with Crippen LogP contribution in [0, 0.1) is 10.1 Å². The number of hydrogen-bond donors (Lipinski definition) is 2. The number of hydrogen-bond acceptors (Lipinski definition) is 10. The fraction of sp³-hybridized carbons (Fsp3) is 0.150. The van der Waals surface area contributed by atoms with Crippen LogP contribution in [0.3, 0.4) is 0 Å². The van der Waals surface area contributed by atoms with Gasteiger partial charge >= 0.3 is 0 Å². The standard InChI is InChI=1S/C20H17N5O6S3/c1-2-31-13-5-8-15-16(9-13)22-19(21-15)32-10-17(26)23-20-24-18(11-33-20)34(29,30)14-6-3-12(4-7-14)25(27)28/h3-9,11H,2,10H2,1H3,(H,21,22)(H,23,24,26). The van der Waals surface area contributed by atoms with Crippen LogP contribution in [0.4, 0.5) is 10.8 Å². The van der Waals surface area contributed by atoms with Gasteiger partial charge < -0.3 is 15.0 Å². The van der Waals surface area contributed by atoms with Crippen LogP contribution >= 0.6 is 23.1 Å². The van der Waals surface area contributed by atoms with Gasteiger partial charge in [0.05, 0.1) is 33.2 Å². The van der Waals surface area contributed by atoms with Crippen molar-refractivity contribution < 1.29 is 22.9 Å². The second-order valence-electron chi connectivity index (χ2n) is 6.74. The summed E-state index contributed by atoms with van der Waals surface area (Å²) in [6, 6.07) is 9.98. The van der Waals surface area contributed by atoms with Crippen LogP contribution < -0.4 is 10.1 Å². The number of nitrogens with one attached hydrogen (secondary N) is 2. The number of nitro benzene ring substituents is 1. The van der Waals surface area contributed by atoms with Crippen molar-refractivity contribution in [3.05, 3.63) is 58.0 Å². The molecule has 0 saturated heterocycles. The van der Waals surface area contributed by atoms with Crippen LogP contribution in [0.25, 0.3) is 11.0 Å². The van der Waals surface area contributed by atoms with E-state index in [1.54, 1.807) is 0 Å². The zero-order valence-corrected chi connectivity index (χ0v) is 20.0. The molecule has 0 spiro atoms. The largest absolute Gasteiger partial charge is 0.494 e. The van der Waals surface area contributed by atoms with Gasteiger partial charge in [-0.25, -0.2) is 18.4 Å². The van der Waals surface area contributed by atoms with Crippen LogP contribution in [-0.2, 0) is 14.6 Å². The van der Waals surface area contributed by atoms with Crippen molar-refractivity contribution in [2.24, 2.45) is 0 Å². The van der Waals surface area contributed by atoms with Gasteiger partial charge in [-0.2, -0.15) is 0 Å². The number of thiazole rings is 1. The third kappa shape index (κ3) is 5.18. The molecule has 0 atom stereocenters. The molecule has 2 aromatic heterocycles. The number of fused-ring (bicyclic) bond motifs is 1. The van der Waals surface area contributed by atoms with Crippen molar-refractivity contribution in [3.8, 4) is 5.75 Å². The highest BCUT2D eigenvalue weighted by molar-refractivity contribution is 7.99. The first-order valence-corrected chi connectivity index (χ1v) is 13.1. The number of sulfone groups is 1. The lowest BCUT2D eigenvalue weighted by atomic mass is 10.3. The van der Waals surface area contributed by atoms with Crippen LogP contribution in [-0.4, -0.2) is 46.6 Å². The number of H-pyrrole nitrogens is 1. The number of nitrogens with zero attached hydrogens (tertiary/aromatic N) is 3. The molecule has 0 aliphatic heterocycles. The second kappa shape index (κ2) is 9.79. The first-order chi connectivity index (χ1) is 16.3. The van der Waals surface area contributed by atoms with Gasteiger partial charge in [0.25, 0.3) is 5.69 Å². The Balaban J connectivity index is 1.38. The van der Waals surface area contributed by atoms with E-state index in [4.69, 9.17) is 4.74 Å². The van der Waals surface area contributed by atoms with E-state index in [0.717, 1.165) is 52.4 Å². The number of thioether (sulfide) groups is 1. The van der Waals surface area contributed by atoms with Gasteiger partial charge in [0, 0.05) is 23.6 Å². The summed E-state index contributed by atoms with van der Waals surface area (Å²) in [4.78, 5) is 33.9. The van der Waals surface area contributed by atoms with Gasteiger partial charge in [-0.05, 0) is 31.2 Å². The van der Waals surface area contributed by atoms with E-state index >= 15 is 0 Å². The molecule has 34 heavy (non-hydrogen) atoms. The molecule has 0 radical (unpaired) electrons. The average Bonchev–Trinajstić information content (AvgIpc) is 3.45. The molecule has 2 heterocycles. The minimum absolute atomic E-state index is 0.0299. The van der Waals surface area contributed by atoms with E-state index in [2.05, 4.69) is 20.3 Å². The fourth-order valence-electron chi connectivity index (χ4n) is 2.89.